The maximum absolute atomic E-state index is 12.3. The lowest BCUT2D eigenvalue weighted by Gasteiger charge is -2.33. The summed E-state index contributed by atoms with van der Waals surface area (Å²) in [6, 6.07) is 8.87. The van der Waals surface area contributed by atoms with Crippen LogP contribution < -0.4 is 10.2 Å². The number of carbonyl (C=O) groups is 1. The highest BCUT2D eigenvalue weighted by atomic mass is 16.1. The maximum atomic E-state index is 12.3. The van der Waals surface area contributed by atoms with E-state index in [1.807, 2.05) is 0 Å². The molecule has 1 aromatic carbocycles. The summed E-state index contributed by atoms with van der Waals surface area (Å²) < 4.78 is 0. The molecule has 1 heterocycles. The van der Waals surface area contributed by atoms with Crippen molar-refractivity contribution in [1.29, 1.82) is 0 Å². The third kappa shape index (κ3) is 4.07. The van der Waals surface area contributed by atoms with Gasteiger partial charge in [0, 0.05) is 24.7 Å². The average Bonchev–Trinajstić information content (AvgIpc) is 3.09. The van der Waals surface area contributed by atoms with Gasteiger partial charge in [0.15, 0.2) is 0 Å². The normalized spacial score (nSPS) is 23.7. The number of benzene rings is 1. The summed E-state index contributed by atoms with van der Waals surface area (Å²) in [7, 11) is 0. The van der Waals surface area contributed by atoms with Crippen molar-refractivity contribution in [1.82, 2.24) is 5.32 Å². The average molecular weight is 314 g/mol. The number of hydrogen-bond acceptors (Lipinski definition) is 2. The first-order chi connectivity index (χ1) is 11.1. The van der Waals surface area contributed by atoms with Gasteiger partial charge in [-0.05, 0) is 56.2 Å². The van der Waals surface area contributed by atoms with E-state index >= 15 is 0 Å². The molecule has 126 valence electrons. The fraction of sp³-hybridized carbons (Fsp3) is 0.650. The Morgan fingerprint density at radius 3 is 2.48 bits per heavy atom. The quantitative estimate of drug-likeness (QED) is 0.899. The topological polar surface area (TPSA) is 32.3 Å². The maximum Gasteiger partial charge on any atom is 0.223 e. The van der Waals surface area contributed by atoms with Crippen molar-refractivity contribution in [2.75, 3.05) is 18.0 Å². The van der Waals surface area contributed by atoms with Gasteiger partial charge in [-0.15, -0.1) is 0 Å². The largest absolute Gasteiger partial charge is 0.371 e. The number of carbonyl (C=O) groups excluding carboxylic acids is 1. The van der Waals surface area contributed by atoms with E-state index in [0.29, 0.717) is 0 Å². The molecule has 1 N–H and O–H groups in total. The Morgan fingerprint density at radius 2 is 1.83 bits per heavy atom. The molecule has 0 unspecified atom stereocenters. The third-order valence-corrected chi connectivity index (χ3v) is 5.50. The lowest BCUT2D eigenvalue weighted by molar-refractivity contribution is -0.125. The summed E-state index contributed by atoms with van der Waals surface area (Å²) in [6.07, 6.45) is 7.16. The monoisotopic (exact) mass is 314 g/mol. The number of rotatable bonds is 4. The molecule has 2 atom stereocenters. The Balaban J connectivity index is 1.58. The predicted molar refractivity (Wildman–Crippen MR) is 95.6 cm³/mol. The molecule has 3 heteroatoms. The molecule has 2 fully saturated rings. The third-order valence-electron chi connectivity index (χ3n) is 5.50. The second-order valence-electron chi connectivity index (χ2n) is 7.50. The smallest absolute Gasteiger partial charge is 0.223 e. The van der Waals surface area contributed by atoms with Crippen LogP contribution in [0.15, 0.2) is 24.3 Å². The van der Waals surface area contributed by atoms with Gasteiger partial charge in [-0.2, -0.15) is 0 Å². The highest BCUT2D eigenvalue weighted by Gasteiger charge is 2.24. The van der Waals surface area contributed by atoms with Crippen molar-refractivity contribution in [3.05, 3.63) is 29.8 Å². The van der Waals surface area contributed by atoms with E-state index in [1.54, 1.807) is 0 Å². The van der Waals surface area contributed by atoms with Crippen LogP contribution in [0.4, 0.5) is 5.69 Å². The second-order valence-corrected chi connectivity index (χ2v) is 7.50. The molecular formula is C20H30N2O. The first kappa shape index (κ1) is 16.4. The molecule has 1 saturated carbocycles. The van der Waals surface area contributed by atoms with E-state index in [0.717, 1.165) is 31.8 Å². The fourth-order valence-corrected chi connectivity index (χ4v) is 4.00. The van der Waals surface area contributed by atoms with Crippen LogP contribution in [0.2, 0.25) is 0 Å². The Bertz CT molecular complexity index is 519. The molecule has 0 radical (unpaired) electrons. The van der Waals surface area contributed by atoms with E-state index in [2.05, 4.69) is 48.3 Å². The van der Waals surface area contributed by atoms with Gasteiger partial charge < -0.3 is 10.2 Å². The molecule has 1 aliphatic heterocycles. The summed E-state index contributed by atoms with van der Waals surface area (Å²) >= 11 is 0. The van der Waals surface area contributed by atoms with Crippen molar-refractivity contribution in [3.8, 4) is 0 Å². The number of hydrogen-bond donors (Lipinski definition) is 1. The number of nitrogens with zero attached hydrogens (tertiary/aromatic N) is 1. The van der Waals surface area contributed by atoms with E-state index < -0.39 is 0 Å². The van der Waals surface area contributed by atoms with Crippen molar-refractivity contribution in [2.45, 2.75) is 58.4 Å². The molecule has 23 heavy (non-hydrogen) atoms. The van der Waals surface area contributed by atoms with Gasteiger partial charge >= 0.3 is 0 Å². The van der Waals surface area contributed by atoms with Gasteiger partial charge in [-0.25, -0.2) is 0 Å². The Kier molecular flexibility index (Phi) is 5.24. The first-order valence-corrected chi connectivity index (χ1v) is 9.29. The number of anilines is 1. The van der Waals surface area contributed by atoms with Crippen molar-refractivity contribution < 1.29 is 4.79 Å². The van der Waals surface area contributed by atoms with Crippen LogP contribution >= 0.6 is 0 Å². The molecule has 3 nitrogen and oxygen atoms in total. The predicted octanol–water partition coefficient (Wildman–Crippen LogP) is 4.29. The standard InChI is InChI=1S/C20H30N2O/c1-15-6-5-13-22(14-15)19-11-9-17(10-12-19)16(2)21-20(23)18-7-3-4-8-18/h9-12,15-16,18H,3-8,13-14H2,1-2H3,(H,21,23)/t15-,16-/m0/s1. The zero-order valence-electron chi connectivity index (χ0n) is 14.6. The van der Waals surface area contributed by atoms with Crippen LogP contribution in [-0.2, 0) is 4.79 Å². The zero-order valence-corrected chi connectivity index (χ0v) is 14.6. The van der Waals surface area contributed by atoms with E-state index in [4.69, 9.17) is 0 Å². The second kappa shape index (κ2) is 7.37. The molecule has 1 aliphatic carbocycles. The highest BCUT2D eigenvalue weighted by molar-refractivity contribution is 5.79. The lowest BCUT2D eigenvalue weighted by atomic mass is 9.99. The fourth-order valence-electron chi connectivity index (χ4n) is 4.00. The summed E-state index contributed by atoms with van der Waals surface area (Å²) in [5.74, 6) is 1.27. The van der Waals surface area contributed by atoms with Crippen molar-refractivity contribution >= 4 is 11.6 Å². The number of nitrogens with one attached hydrogen (secondary N) is 1. The summed E-state index contributed by atoms with van der Waals surface area (Å²) in [5, 5.41) is 3.19. The summed E-state index contributed by atoms with van der Waals surface area (Å²) in [5.41, 5.74) is 2.51. The Labute approximate surface area is 140 Å². The van der Waals surface area contributed by atoms with Gasteiger partial charge in [0.05, 0.1) is 6.04 Å². The SMILES string of the molecule is C[C@H]1CCCN(c2ccc([C@H](C)NC(=O)C3CCCC3)cc2)C1. The Hall–Kier alpha value is -1.51. The van der Waals surface area contributed by atoms with Gasteiger partial charge in [-0.3, -0.25) is 4.79 Å². The zero-order chi connectivity index (χ0) is 16.2. The van der Waals surface area contributed by atoms with E-state index in [1.165, 1.54) is 36.9 Å². The van der Waals surface area contributed by atoms with Crippen molar-refractivity contribution in [3.63, 3.8) is 0 Å². The first-order valence-electron chi connectivity index (χ1n) is 9.29. The van der Waals surface area contributed by atoms with E-state index in [9.17, 15) is 4.79 Å². The minimum Gasteiger partial charge on any atom is -0.371 e. The summed E-state index contributed by atoms with van der Waals surface area (Å²) in [6.45, 7) is 6.75. The molecule has 1 saturated heterocycles. The van der Waals surface area contributed by atoms with Crippen molar-refractivity contribution in [2.24, 2.45) is 11.8 Å². The van der Waals surface area contributed by atoms with Gasteiger partial charge in [-0.1, -0.05) is 31.9 Å². The van der Waals surface area contributed by atoms with Gasteiger partial charge in [0.1, 0.15) is 0 Å². The molecule has 0 aromatic heterocycles. The molecular weight excluding hydrogens is 284 g/mol. The summed E-state index contributed by atoms with van der Waals surface area (Å²) in [4.78, 5) is 14.7. The van der Waals surface area contributed by atoms with Crippen LogP contribution in [-0.4, -0.2) is 19.0 Å². The molecule has 0 spiro atoms. The van der Waals surface area contributed by atoms with Crippen LogP contribution in [0.1, 0.15) is 64.0 Å². The highest BCUT2D eigenvalue weighted by Crippen LogP contribution is 2.27. The van der Waals surface area contributed by atoms with Gasteiger partial charge in [0.25, 0.3) is 0 Å². The number of piperidine rings is 1. The van der Waals surface area contributed by atoms with Crippen LogP contribution in [0.5, 0.6) is 0 Å². The number of amides is 1. The van der Waals surface area contributed by atoms with Crippen LogP contribution in [0, 0.1) is 11.8 Å². The molecule has 3 rings (SSSR count). The minimum atomic E-state index is 0.0948. The van der Waals surface area contributed by atoms with Crippen LogP contribution in [0.25, 0.3) is 0 Å². The van der Waals surface area contributed by atoms with Crippen LogP contribution in [0.3, 0.4) is 0 Å². The lowest BCUT2D eigenvalue weighted by Crippen LogP contribution is -2.34. The Morgan fingerprint density at radius 1 is 1.13 bits per heavy atom. The molecule has 1 aromatic rings. The minimum absolute atomic E-state index is 0.0948. The van der Waals surface area contributed by atoms with E-state index in [-0.39, 0.29) is 17.9 Å². The molecule has 0 bridgehead atoms. The molecule has 1 amide bonds. The molecule has 2 aliphatic rings. The van der Waals surface area contributed by atoms with Gasteiger partial charge in [0.2, 0.25) is 5.91 Å².